The first-order chi connectivity index (χ1) is 8.72. The van der Waals surface area contributed by atoms with Gasteiger partial charge in [0.15, 0.2) is 6.61 Å². The summed E-state index contributed by atoms with van der Waals surface area (Å²) in [5.74, 6) is 2.24. The quantitative estimate of drug-likeness (QED) is 0.427. The Hall–Kier alpha value is -1.62. The summed E-state index contributed by atoms with van der Waals surface area (Å²) in [7, 11) is 0. The zero-order valence-corrected chi connectivity index (χ0v) is 11.0. The van der Waals surface area contributed by atoms with E-state index in [4.69, 9.17) is 10.5 Å². The standard InChI is InChI=1S/C13H18N2O2S/c1-2-7-18-8-6-15-13(16)10-17-12-5-3-4-11(14)9-12/h2-5,9H,1,6-8,10,14H2,(H,15,16). The Morgan fingerprint density at radius 3 is 3.11 bits per heavy atom. The molecule has 0 spiro atoms. The molecule has 1 aromatic carbocycles. The van der Waals surface area contributed by atoms with Gasteiger partial charge in [-0.05, 0) is 12.1 Å². The van der Waals surface area contributed by atoms with Gasteiger partial charge < -0.3 is 15.8 Å². The van der Waals surface area contributed by atoms with E-state index in [9.17, 15) is 4.79 Å². The lowest BCUT2D eigenvalue weighted by molar-refractivity contribution is -0.122. The fourth-order valence-corrected chi connectivity index (χ4v) is 1.81. The summed E-state index contributed by atoms with van der Waals surface area (Å²) in [6, 6.07) is 7.01. The number of hydrogen-bond acceptors (Lipinski definition) is 4. The maximum atomic E-state index is 11.4. The Morgan fingerprint density at radius 1 is 1.56 bits per heavy atom. The number of nitrogen functional groups attached to an aromatic ring is 1. The number of anilines is 1. The number of ether oxygens (including phenoxy) is 1. The topological polar surface area (TPSA) is 64.3 Å². The number of amides is 1. The Balaban J connectivity index is 2.15. The van der Waals surface area contributed by atoms with Crippen LogP contribution in [-0.4, -0.2) is 30.6 Å². The number of thioether (sulfide) groups is 1. The molecule has 0 saturated carbocycles. The number of benzene rings is 1. The van der Waals surface area contributed by atoms with Crippen molar-refractivity contribution in [2.45, 2.75) is 0 Å². The van der Waals surface area contributed by atoms with Gasteiger partial charge in [-0.3, -0.25) is 4.79 Å². The smallest absolute Gasteiger partial charge is 0.257 e. The van der Waals surface area contributed by atoms with Gasteiger partial charge in [0.1, 0.15) is 5.75 Å². The van der Waals surface area contributed by atoms with Gasteiger partial charge in [0.2, 0.25) is 0 Å². The van der Waals surface area contributed by atoms with Crippen molar-refractivity contribution in [3.63, 3.8) is 0 Å². The molecule has 0 aliphatic heterocycles. The van der Waals surface area contributed by atoms with Crippen LogP contribution in [0.4, 0.5) is 5.69 Å². The minimum Gasteiger partial charge on any atom is -0.484 e. The van der Waals surface area contributed by atoms with Gasteiger partial charge in [-0.25, -0.2) is 0 Å². The maximum absolute atomic E-state index is 11.4. The minimum atomic E-state index is -0.128. The normalized spacial score (nSPS) is 9.78. The van der Waals surface area contributed by atoms with Crippen LogP contribution in [0.25, 0.3) is 0 Å². The molecule has 0 aromatic heterocycles. The van der Waals surface area contributed by atoms with Crippen LogP contribution in [0.1, 0.15) is 0 Å². The molecule has 0 fully saturated rings. The Bertz CT molecular complexity index is 396. The fourth-order valence-electron chi connectivity index (χ4n) is 1.23. The van der Waals surface area contributed by atoms with E-state index < -0.39 is 0 Å². The zero-order valence-electron chi connectivity index (χ0n) is 10.2. The lowest BCUT2D eigenvalue weighted by Crippen LogP contribution is -2.30. The van der Waals surface area contributed by atoms with Crippen LogP contribution in [-0.2, 0) is 4.79 Å². The summed E-state index contributed by atoms with van der Waals surface area (Å²) in [6.45, 7) is 4.27. The first-order valence-corrected chi connectivity index (χ1v) is 6.81. The van der Waals surface area contributed by atoms with Gasteiger partial charge in [0, 0.05) is 29.8 Å². The van der Waals surface area contributed by atoms with Crippen LogP contribution in [0.15, 0.2) is 36.9 Å². The first kappa shape index (κ1) is 14.4. The van der Waals surface area contributed by atoms with E-state index in [-0.39, 0.29) is 12.5 Å². The lowest BCUT2D eigenvalue weighted by Gasteiger charge is -2.07. The number of rotatable bonds is 8. The number of nitrogens with two attached hydrogens (primary N) is 1. The molecule has 4 nitrogen and oxygen atoms in total. The molecule has 98 valence electrons. The first-order valence-electron chi connectivity index (χ1n) is 5.66. The van der Waals surface area contributed by atoms with Crippen molar-refractivity contribution in [2.75, 3.05) is 30.4 Å². The van der Waals surface area contributed by atoms with Gasteiger partial charge in [-0.1, -0.05) is 12.1 Å². The SMILES string of the molecule is C=CCSCCNC(=O)COc1cccc(N)c1. The Labute approximate surface area is 112 Å². The molecule has 18 heavy (non-hydrogen) atoms. The fraction of sp³-hybridized carbons (Fsp3) is 0.308. The third-order valence-electron chi connectivity index (χ3n) is 2.03. The van der Waals surface area contributed by atoms with Crippen LogP contribution in [0.5, 0.6) is 5.75 Å². The number of hydrogen-bond donors (Lipinski definition) is 2. The Morgan fingerprint density at radius 2 is 2.39 bits per heavy atom. The van der Waals surface area contributed by atoms with Gasteiger partial charge in [-0.15, -0.1) is 6.58 Å². The highest BCUT2D eigenvalue weighted by Crippen LogP contribution is 2.13. The molecule has 0 aliphatic rings. The van der Waals surface area contributed by atoms with Gasteiger partial charge in [0.05, 0.1) is 0 Å². The number of carbonyl (C=O) groups is 1. The van der Waals surface area contributed by atoms with E-state index in [0.717, 1.165) is 11.5 Å². The van der Waals surface area contributed by atoms with E-state index in [1.165, 1.54) is 0 Å². The molecule has 0 heterocycles. The van der Waals surface area contributed by atoms with E-state index in [0.29, 0.717) is 18.0 Å². The highest BCUT2D eigenvalue weighted by atomic mass is 32.2. The zero-order chi connectivity index (χ0) is 13.2. The second kappa shape index (κ2) is 8.47. The van der Waals surface area contributed by atoms with Gasteiger partial charge >= 0.3 is 0 Å². The predicted octanol–water partition coefficient (Wildman–Crippen LogP) is 1.68. The van der Waals surface area contributed by atoms with Crippen LogP contribution in [0.2, 0.25) is 0 Å². The van der Waals surface area contributed by atoms with Crippen molar-refractivity contribution >= 4 is 23.4 Å². The van der Waals surface area contributed by atoms with E-state index in [1.54, 1.807) is 36.0 Å². The molecule has 1 aromatic rings. The van der Waals surface area contributed by atoms with E-state index in [1.807, 2.05) is 6.08 Å². The molecular formula is C13H18N2O2S. The molecule has 0 atom stereocenters. The largest absolute Gasteiger partial charge is 0.484 e. The molecule has 1 amide bonds. The molecule has 0 saturated heterocycles. The maximum Gasteiger partial charge on any atom is 0.257 e. The molecule has 0 bridgehead atoms. The van der Waals surface area contributed by atoms with Crippen molar-refractivity contribution < 1.29 is 9.53 Å². The summed E-state index contributed by atoms with van der Waals surface area (Å²) < 4.78 is 5.31. The van der Waals surface area contributed by atoms with Crippen molar-refractivity contribution in [1.82, 2.24) is 5.32 Å². The molecule has 1 rings (SSSR count). The van der Waals surface area contributed by atoms with Crippen molar-refractivity contribution in [3.8, 4) is 5.75 Å². The highest BCUT2D eigenvalue weighted by Gasteiger charge is 2.02. The lowest BCUT2D eigenvalue weighted by atomic mass is 10.3. The van der Waals surface area contributed by atoms with E-state index >= 15 is 0 Å². The minimum absolute atomic E-state index is 0.00950. The third-order valence-corrected chi connectivity index (χ3v) is 3.00. The second-order valence-electron chi connectivity index (χ2n) is 3.57. The predicted molar refractivity (Wildman–Crippen MR) is 76.9 cm³/mol. The Kier molecular flexibility index (Phi) is 6.79. The number of carbonyl (C=O) groups excluding carboxylic acids is 1. The van der Waals surface area contributed by atoms with E-state index in [2.05, 4.69) is 11.9 Å². The molecule has 0 unspecified atom stereocenters. The molecule has 3 N–H and O–H groups in total. The monoisotopic (exact) mass is 266 g/mol. The van der Waals surface area contributed by atoms with Gasteiger partial charge in [0.25, 0.3) is 5.91 Å². The number of nitrogens with one attached hydrogen (secondary N) is 1. The summed E-state index contributed by atoms with van der Waals surface area (Å²) in [6.07, 6.45) is 1.84. The molecule has 0 aliphatic carbocycles. The van der Waals surface area contributed by atoms with Crippen LogP contribution in [0.3, 0.4) is 0 Å². The third kappa shape index (κ3) is 6.20. The molecule has 5 heteroatoms. The second-order valence-corrected chi connectivity index (χ2v) is 4.72. The van der Waals surface area contributed by atoms with Crippen LogP contribution < -0.4 is 15.8 Å². The summed E-state index contributed by atoms with van der Waals surface area (Å²) in [4.78, 5) is 11.4. The molecular weight excluding hydrogens is 248 g/mol. The van der Waals surface area contributed by atoms with Crippen molar-refractivity contribution in [1.29, 1.82) is 0 Å². The highest BCUT2D eigenvalue weighted by molar-refractivity contribution is 7.99. The van der Waals surface area contributed by atoms with Crippen molar-refractivity contribution in [2.24, 2.45) is 0 Å². The average molecular weight is 266 g/mol. The average Bonchev–Trinajstić information content (AvgIpc) is 2.36. The summed E-state index contributed by atoms with van der Waals surface area (Å²) >= 11 is 1.72. The van der Waals surface area contributed by atoms with Crippen LogP contribution >= 0.6 is 11.8 Å². The summed E-state index contributed by atoms with van der Waals surface area (Å²) in [5, 5.41) is 2.78. The van der Waals surface area contributed by atoms with Crippen molar-refractivity contribution in [3.05, 3.63) is 36.9 Å². The van der Waals surface area contributed by atoms with Gasteiger partial charge in [-0.2, -0.15) is 11.8 Å². The molecule has 0 radical (unpaired) electrons. The van der Waals surface area contributed by atoms with Crippen LogP contribution in [0, 0.1) is 0 Å². The summed E-state index contributed by atoms with van der Waals surface area (Å²) in [5.41, 5.74) is 6.22.